The molecule has 1 aliphatic carbocycles. The molecule has 3 N–H and O–H groups in total. The third-order valence-corrected chi connectivity index (χ3v) is 3.31. The Morgan fingerprint density at radius 2 is 2.42 bits per heavy atom. The topological polar surface area (TPSA) is 92.8 Å². The van der Waals surface area contributed by atoms with Crippen LogP contribution in [-0.2, 0) is 13.6 Å². The van der Waals surface area contributed by atoms with Crippen LogP contribution < -0.4 is 5.73 Å². The number of anilines is 1. The van der Waals surface area contributed by atoms with E-state index in [1.54, 1.807) is 12.3 Å². The van der Waals surface area contributed by atoms with Crippen molar-refractivity contribution in [3.63, 3.8) is 0 Å². The Balaban J connectivity index is 1.81. The number of nitrogens with two attached hydrogens (primary N) is 1. The Morgan fingerprint density at radius 3 is 2.95 bits per heavy atom. The van der Waals surface area contributed by atoms with Crippen molar-refractivity contribution in [2.45, 2.75) is 25.4 Å². The van der Waals surface area contributed by atoms with Crippen molar-refractivity contribution in [3.8, 4) is 0 Å². The fourth-order valence-corrected chi connectivity index (χ4v) is 2.06. The predicted octanol–water partition coefficient (Wildman–Crippen LogP) is 0.530. The molecule has 2 heterocycles. The molecule has 7 heteroatoms. The van der Waals surface area contributed by atoms with Gasteiger partial charge in [0, 0.05) is 31.5 Å². The number of nitrogens with one attached hydrogen (secondary N) is 1. The van der Waals surface area contributed by atoms with Crippen molar-refractivity contribution < 1.29 is 4.79 Å². The molecule has 0 aliphatic heterocycles. The quantitative estimate of drug-likeness (QED) is 0.838. The van der Waals surface area contributed by atoms with Gasteiger partial charge in [-0.3, -0.25) is 9.89 Å². The van der Waals surface area contributed by atoms with Crippen LogP contribution in [0.5, 0.6) is 0 Å². The van der Waals surface area contributed by atoms with Gasteiger partial charge < -0.3 is 15.2 Å². The minimum Gasteiger partial charge on any atom is -0.382 e. The average Bonchev–Trinajstić information content (AvgIpc) is 3.01. The second-order valence-electron chi connectivity index (χ2n) is 4.83. The van der Waals surface area contributed by atoms with Crippen LogP contribution in [0.25, 0.3) is 0 Å². The zero-order chi connectivity index (χ0) is 13.4. The highest BCUT2D eigenvalue weighted by Gasteiger charge is 2.34. The van der Waals surface area contributed by atoms with E-state index in [4.69, 9.17) is 5.73 Å². The highest BCUT2D eigenvalue weighted by Crippen LogP contribution is 2.29. The summed E-state index contributed by atoms with van der Waals surface area (Å²) in [5.74, 6) is 1.12. The molecule has 7 nitrogen and oxygen atoms in total. The first-order valence-electron chi connectivity index (χ1n) is 6.23. The van der Waals surface area contributed by atoms with Crippen LogP contribution in [0.15, 0.2) is 18.5 Å². The van der Waals surface area contributed by atoms with Crippen molar-refractivity contribution in [2.75, 3.05) is 5.73 Å². The summed E-state index contributed by atoms with van der Waals surface area (Å²) in [5.41, 5.74) is 5.97. The molecule has 0 bridgehead atoms. The fraction of sp³-hybridized carbons (Fsp3) is 0.417. The van der Waals surface area contributed by atoms with Crippen molar-refractivity contribution in [1.29, 1.82) is 0 Å². The van der Waals surface area contributed by atoms with Gasteiger partial charge in [-0.05, 0) is 12.8 Å². The van der Waals surface area contributed by atoms with Crippen LogP contribution in [0.2, 0.25) is 0 Å². The first-order chi connectivity index (χ1) is 9.15. The number of H-pyrrole nitrogens is 1. The van der Waals surface area contributed by atoms with Gasteiger partial charge in [0.1, 0.15) is 17.3 Å². The van der Waals surface area contributed by atoms with Crippen molar-refractivity contribution >= 4 is 11.7 Å². The first kappa shape index (κ1) is 11.8. The van der Waals surface area contributed by atoms with E-state index in [-0.39, 0.29) is 5.91 Å². The van der Waals surface area contributed by atoms with Crippen LogP contribution >= 0.6 is 0 Å². The van der Waals surface area contributed by atoms with Crippen LogP contribution in [-0.4, -0.2) is 36.6 Å². The van der Waals surface area contributed by atoms with E-state index in [0.29, 0.717) is 24.1 Å². The summed E-state index contributed by atoms with van der Waals surface area (Å²) < 4.78 is 1.92. The number of amides is 1. The summed E-state index contributed by atoms with van der Waals surface area (Å²) in [5, 5.41) is 6.47. The first-order valence-corrected chi connectivity index (χ1v) is 6.23. The van der Waals surface area contributed by atoms with Crippen LogP contribution in [0.3, 0.4) is 0 Å². The second kappa shape index (κ2) is 4.42. The normalized spacial score (nSPS) is 14.6. The van der Waals surface area contributed by atoms with E-state index < -0.39 is 0 Å². The number of rotatable bonds is 4. The molecular weight excluding hydrogens is 244 g/mol. The summed E-state index contributed by atoms with van der Waals surface area (Å²) in [6.07, 6.45) is 5.69. The molecule has 1 aliphatic rings. The lowest BCUT2D eigenvalue weighted by molar-refractivity contribution is 0.0718. The maximum absolute atomic E-state index is 12.4. The zero-order valence-corrected chi connectivity index (χ0v) is 10.7. The lowest BCUT2D eigenvalue weighted by atomic mass is 10.3. The Morgan fingerprint density at radius 1 is 1.63 bits per heavy atom. The molecule has 1 saturated carbocycles. The molecule has 2 aromatic rings. The van der Waals surface area contributed by atoms with E-state index in [1.165, 1.54) is 0 Å². The van der Waals surface area contributed by atoms with Crippen molar-refractivity contribution in [1.82, 2.24) is 24.6 Å². The van der Waals surface area contributed by atoms with Crippen LogP contribution in [0.1, 0.15) is 29.2 Å². The van der Waals surface area contributed by atoms with E-state index in [1.807, 2.05) is 22.7 Å². The van der Waals surface area contributed by atoms with Gasteiger partial charge in [-0.1, -0.05) is 0 Å². The van der Waals surface area contributed by atoms with Gasteiger partial charge in [-0.15, -0.1) is 0 Å². The summed E-state index contributed by atoms with van der Waals surface area (Å²) in [4.78, 5) is 18.5. The largest absolute Gasteiger partial charge is 0.382 e. The summed E-state index contributed by atoms with van der Waals surface area (Å²) in [6.45, 7) is 0.506. The molecule has 0 saturated heterocycles. The molecule has 1 fully saturated rings. The monoisotopic (exact) mass is 260 g/mol. The summed E-state index contributed by atoms with van der Waals surface area (Å²) >= 11 is 0. The highest BCUT2D eigenvalue weighted by atomic mass is 16.2. The minimum absolute atomic E-state index is 0.0744. The number of aromatic amines is 1. The number of carbonyl (C=O) groups excluding carboxylic acids is 1. The van der Waals surface area contributed by atoms with E-state index in [0.717, 1.165) is 18.7 Å². The molecule has 0 radical (unpaired) electrons. The molecular formula is C12H16N6O. The number of carbonyl (C=O) groups is 1. The number of hydrogen-bond donors (Lipinski definition) is 2. The van der Waals surface area contributed by atoms with Crippen LogP contribution in [0, 0.1) is 0 Å². The van der Waals surface area contributed by atoms with E-state index >= 15 is 0 Å². The molecule has 19 heavy (non-hydrogen) atoms. The highest BCUT2D eigenvalue weighted by molar-refractivity contribution is 5.93. The molecule has 0 spiro atoms. The van der Waals surface area contributed by atoms with Crippen molar-refractivity contribution in [2.24, 2.45) is 7.05 Å². The van der Waals surface area contributed by atoms with Gasteiger partial charge in [0.15, 0.2) is 0 Å². The number of hydrogen-bond acceptors (Lipinski definition) is 4. The molecule has 0 aromatic carbocycles. The Bertz CT molecular complexity index is 597. The molecule has 2 aromatic heterocycles. The molecule has 100 valence electrons. The van der Waals surface area contributed by atoms with Crippen LogP contribution in [0.4, 0.5) is 5.82 Å². The lowest BCUT2D eigenvalue weighted by Crippen LogP contribution is -2.33. The van der Waals surface area contributed by atoms with Crippen molar-refractivity contribution in [3.05, 3.63) is 30.0 Å². The minimum atomic E-state index is -0.0744. The predicted molar refractivity (Wildman–Crippen MR) is 69.1 cm³/mol. The number of nitrogens with zero attached hydrogens (tertiary/aromatic N) is 4. The molecule has 3 rings (SSSR count). The molecule has 0 unspecified atom stereocenters. The SMILES string of the molecule is Cn1ccnc1CN(C(=O)c1cc(N)n[nH]1)C1CC1. The number of aryl methyl sites for hydroxylation is 1. The van der Waals surface area contributed by atoms with Gasteiger partial charge >= 0.3 is 0 Å². The Kier molecular flexibility index (Phi) is 2.73. The molecule has 1 amide bonds. The smallest absolute Gasteiger partial charge is 0.272 e. The Labute approximate surface area is 110 Å². The standard InChI is InChI=1S/C12H16N6O/c1-17-5-4-14-11(17)7-18(8-2-3-8)12(19)9-6-10(13)16-15-9/h4-6,8H,2-3,7H2,1H3,(H3,13,15,16). The van der Waals surface area contributed by atoms with E-state index in [2.05, 4.69) is 15.2 Å². The summed E-state index contributed by atoms with van der Waals surface area (Å²) in [7, 11) is 1.92. The number of aromatic nitrogens is 4. The van der Waals surface area contributed by atoms with E-state index in [9.17, 15) is 4.79 Å². The van der Waals surface area contributed by atoms with Gasteiger partial charge in [0.2, 0.25) is 0 Å². The second-order valence-corrected chi connectivity index (χ2v) is 4.83. The third-order valence-electron chi connectivity index (χ3n) is 3.31. The van der Waals surface area contributed by atoms with Gasteiger partial charge in [-0.25, -0.2) is 4.98 Å². The Hall–Kier alpha value is -2.31. The average molecular weight is 260 g/mol. The number of imidazole rings is 1. The van der Waals surface area contributed by atoms with Gasteiger partial charge in [-0.2, -0.15) is 5.10 Å². The fourth-order valence-electron chi connectivity index (χ4n) is 2.06. The van der Waals surface area contributed by atoms with Gasteiger partial charge in [0.25, 0.3) is 5.91 Å². The molecule has 0 atom stereocenters. The maximum atomic E-state index is 12.4. The zero-order valence-electron chi connectivity index (χ0n) is 10.7. The lowest BCUT2D eigenvalue weighted by Gasteiger charge is -2.21. The number of nitrogen functional groups attached to an aromatic ring is 1. The summed E-state index contributed by atoms with van der Waals surface area (Å²) in [6, 6.07) is 1.87. The van der Waals surface area contributed by atoms with Gasteiger partial charge in [0.05, 0.1) is 6.54 Å². The maximum Gasteiger partial charge on any atom is 0.272 e. The third kappa shape index (κ3) is 2.31.